The predicted molar refractivity (Wildman–Crippen MR) is 81.6 cm³/mol. The fourth-order valence-electron chi connectivity index (χ4n) is 1.45. The van der Waals surface area contributed by atoms with Crippen LogP contribution in [0.2, 0.25) is 4.34 Å². The highest BCUT2D eigenvalue weighted by Crippen LogP contribution is 2.21. The van der Waals surface area contributed by atoms with Gasteiger partial charge in [0.2, 0.25) is 0 Å². The first-order chi connectivity index (χ1) is 10.1. The van der Waals surface area contributed by atoms with E-state index in [1.54, 1.807) is 25.1 Å². The minimum atomic E-state index is -0.516. The Kier molecular flexibility index (Phi) is 5.30. The molecule has 1 heterocycles. The number of carbonyl (C=O) groups excluding carboxylic acids is 1. The molecular formula is C14H12ClFN2O2S. The van der Waals surface area contributed by atoms with Crippen LogP contribution in [0.15, 0.2) is 41.5 Å². The van der Waals surface area contributed by atoms with E-state index in [1.165, 1.54) is 23.5 Å². The monoisotopic (exact) mass is 326 g/mol. The molecule has 0 aliphatic heterocycles. The number of thiophene rings is 1. The Bertz CT molecular complexity index is 672. The average molecular weight is 327 g/mol. The zero-order chi connectivity index (χ0) is 15.2. The third kappa shape index (κ3) is 4.54. The van der Waals surface area contributed by atoms with Gasteiger partial charge in [0.1, 0.15) is 0 Å². The van der Waals surface area contributed by atoms with E-state index < -0.39 is 11.7 Å². The van der Waals surface area contributed by atoms with Crippen LogP contribution in [0.25, 0.3) is 0 Å². The molecule has 0 fully saturated rings. The Balaban J connectivity index is 1.86. The zero-order valence-corrected chi connectivity index (χ0v) is 12.7. The van der Waals surface area contributed by atoms with E-state index in [0.29, 0.717) is 10.0 Å². The van der Waals surface area contributed by atoms with Crippen LogP contribution in [0.3, 0.4) is 0 Å². The first-order valence-corrected chi connectivity index (χ1v) is 7.22. The lowest BCUT2D eigenvalue weighted by Crippen LogP contribution is -2.25. The second-order valence-corrected chi connectivity index (χ2v) is 5.77. The van der Waals surface area contributed by atoms with Crippen molar-refractivity contribution in [2.45, 2.75) is 6.92 Å². The van der Waals surface area contributed by atoms with Crippen molar-refractivity contribution in [1.82, 2.24) is 5.43 Å². The highest BCUT2D eigenvalue weighted by Gasteiger charge is 2.06. The molecule has 2 aromatic rings. The lowest BCUT2D eigenvalue weighted by atomic mass is 10.3. The summed E-state index contributed by atoms with van der Waals surface area (Å²) in [5.41, 5.74) is 2.98. The van der Waals surface area contributed by atoms with E-state index in [2.05, 4.69) is 10.5 Å². The van der Waals surface area contributed by atoms with Gasteiger partial charge in [0.25, 0.3) is 5.91 Å². The number of amides is 1. The van der Waals surface area contributed by atoms with Crippen LogP contribution in [0, 0.1) is 5.82 Å². The maximum Gasteiger partial charge on any atom is 0.277 e. The van der Waals surface area contributed by atoms with Crippen molar-refractivity contribution >= 4 is 34.6 Å². The maximum atomic E-state index is 13.3. The molecule has 0 saturated carbocycles. The summed E-state index contributed by atoms with van der Waals surface area (Å²) in [7, 11) is 0. The standard InChI is InChI=1S/C14H12ClFN2O2S/c1-9(12-6-7-13(15)21-12)17-18-14(19)8-20-11-5-3-2-4-10(11)16/h2-7H,8H2,1H3,(H,18,19). The quantitative estimate of drug-likeness (QED) is 0.675. The lowest BCUT2D eigenvalue weighted by Gasteiger charge is -2.06. The second-order valence-electron chi connectivity index (χ2n) is 4.06. The minimum Gasteiger partial charge on any atom is -0.481 e. The van der Waals surface area contributed by atoms with E-state index in [-0.39, 0.29) is 12.4 Å². The highest BCUT2D eigenvalue weighted by atomic mass is 35.5. The first kappa shape index (κ1) is 15.5. The Morgan fingerprint density at radius 1 is 1.38 bits per heavy atom. The second kappa shape index (κ2) is 7.19. The number of benzene rings is 1. The molecule has 1 aromatic carbocycles. The van der Waals surface area contributed by atoms with Gasteiger partial charge in [-0.1, -0.05) is 23.7 Å². The van der Waals surface area contributed by atoms with Crippen molar-refractivity contribution in [2.24, 2.45) is 5.10 Å². The normalized spacial score (nSPS) is 11.3. The molecule has 4 nitrogen and oxygen atoms in total. The van der Waals surface area contributed by atoms with Gasteiger partial charge in [-0.25, -0.2) is 9.82 Å². The van der Waals surface area contributed by atoms with Crippen LogP contribution >= 0.6 is 22.9 Å². The fourth-order valence-corrected chi connectivity index (χ4v) is 2.44. The summed E-state index contributed by atoms with van der Waals surface area (Å²) < 4.78 is 19.0. The van der Waals surface area contributed by atoms with Gasteiger partial charge < -0.3 is 4.74 Å². The van der Waals surface area contributed by atoms with Crippen molar-refractivity contribution < 1.29 is 13.9 Å². The van der Waals surface area contributed by atoms with Crippen molar-refractivity contribution in [1.29, 1.82) is 0 Å². The summed E-state index contributed by atoms with van der Waals surface area (Å²) >= 11 is 7.18. The summed E-state index contributed by atoms with van der Waals surface area (Å²) in [5, 5.41) is 3.94. The average Bonchev–Trinajstić information content (AvgIpc) is 2.90. The number of ether oxygens (including phenoxy) is 1. The molecule has 21 heavy (non-hydrogen) atoms. The third-order valence-electron chi connectivity index (χ3n) is 2.47. The molecule has 0 radical (unpaired) electrons. The van der Waals surface area contributed by atoms with E-state index in [9.17, 15) is 9.18 Å². The number of carbonyl (C=O) groups is 1. The Hall–Kier alpha value is -1.92. The summed E-state index contributed by atoms with van der Waals surface area (Å²) in [4.78, 5) is 12.4. The summed E-state index contributed by atoms with van der Waals surface area (Å²) in [6, 6.07) is 9.44. The molecule has 0 saturated heterocycles. The van der Waals surface area contributed by atoms with Gasteiger partial charge in [0.05, 0.1) is 14.9 Å². The number of rotatable bonds is 5. The molecule has 1 N–H and O–H groups in total. The van der Waals surface area contributed by atoms with Crippen LogP contribution < -0.4 is 10.2 Å². The molecule has 0 unspecified atom stereocenters. The minimum absolute atomic E-state index is 0.0263. The van der Waals surface area contributed by atoms with Gasteiger partial charge >= 0.3 is 0 Å². The molecule has 2 rings (SSSR count). The van der Waals surface area contributed by atoms with E-state index >= 15 is 0 Å². The number of para-hydroxylation sites is 1. The number of nitrogens with one attached hydrogen (secondary N) is 1. The lowest BCUT2D eigenvalue weighted by molar-refractivity contribution is -0.123. The summed E-state index contributed by atoms with van der Waals surface area (Å²) in [6.07, 6.45) is 0. The number of halogens is 2. The SMILES string of the molecule is CC(=NNC(=O)COc1ccccc1F)c1ccc(Cl)s1. The summed E-state index contributed by atoms with van der Waals surface area (Å²) in [5.74, 6) is -0.961. The van der Waals surface area contributed by atoms with Crippen molar-refractivity contribution in [3.8, 4) is 5.75 Å². The fraction of sp³-hybridized carbons (Fsp3) is 0.143. The molecule has 0 spiro atoms. The van der Waals surface area contributed by atoms with Gasteiger partial charge in [-0.3, -0.25) is 4.79 Å². The van der Waals surface area contributed by atoms with Crippen molar-refractivity contribution in [3.63, 3.8) is 0 Å². The van der Waals surface area contributed by atoms with Crippen LogP contribution in [0.1, 0.15) is 11.8 Å². The maximum absolute atomic E-state index is 13.3. The van der Waals surface area contributed by atoms with E-state index in [1.807, 2.05) is 6.07 Å². The van der Waals surface area contributed by atoms with Gasteiger partial charge in [-0.05, 0) is 31.2 Å². The number of nitrogens with zero attached hydrogens (tertiary/aromatic N) is 1. The largest absolute Gasteiger partial charge is 0.481 e. The molecule has 1 aromatic heterocycles. The molecule has 0 atom stereocenters. The number of hydrazone groups is 1. The molecular weight excluding hydrogens is 315 g/mol. The topological polar surface area (TPSA) is 50.7 Å². The molecule has 0 aliphatic carbocycles. The zero-order valence-electron chi connectivity index (χ0n) is 11.1. The Labute approximate surface area is 130 Å². The molecule has 110 valence electrons. The van der Waals surface area contributed by atoms with Crippen molar-refractivity contribution in [3.05, 3.63) is 51.4 Å². The molecule has 7 heteroatoms. The Morgan fingerprint density at radius 2 is 2.14 bits per heavy atom. The van der Waals surface area contributed by atoms with Gasteiger partial charge in [0, 0.05) is 0 Å². The Morgan fingerprint density at radius 3 is 2.81 bits per heavy atom. The predicted octanol–water partition coefficient (Wildman–Crippen LogP) is 3.46. The number of hydrogen-bond acceptors (Lipinski definition) is 4. The molecule has 1 amide bonds. The molecule has 0 bridgehead atoms. The van der Waals surface area contributed by atoms with E-state index in [0.717, 1.165) is 4.88 Å². The van der Waals surface area contributed by atoms with Crippen LogP contribution in [-0.2, 0) is 4.79 Å². The molecule has 0 aliphatic rings. The highest BCUT2D eigenvalue weighted by molar-refractivity contribution is 7.18. The van der Waals surface area contributed by atoms with Crippen LogP contribution in [0.5, 0.6) is 5.75 Å². The van der Waals surface area contributed by atoms with Crippen LogP contribution in [-0.4, -0.2) is 18.2 Å². The first-order valence-electron chi connectivity index (χ1n) is 6.02. The van der Waals surface area contributed by atoms with Crippen LogP contribution in [0.4, 0.5) is 4.39 Å². The van der Waals surface area contributed by atoms with Gasteiger partial charge in [-0.2, -0.15) is 5.10 Å². The van der Waals surface area contributed by atoms with Gasteiger partial charge in [0.15, 0.2) is 18.2 Å². The van der Waals surface area contributed by atoms with Gasteiger partial charge in [-0.15, -0.1) is 11.3 Å². The third-order valence-corrected chi connectivity index (χ3v) is 3.81. The van der Waals surface area contributed by atoms with E-state index in [4.69, 9.17) is 16.3 Å². The van der Waals surface area contributed by atoms with Crippen molar-refractivity contribution in [2.75, 3.05) is 6.61 Å². The smallest absolute Gasteiger partial charge is 0.277 e. The number of hydrogen-bond donors (Lipinski definition) is 1. The summed E-state index contributed by atoms with van der Waals surface area (Å²) in [6.45, 7) is 1.43.